The highest BCUT2D eigenvalue weighted by molar-refractivity contribution is 6.33. The molecule has 1 fully saturated rings. The summed E-state index contributed by atoms with van der Waals surface area (Å²) in [5.74, 6) is 0.547. The third-order valence-corrected chi connectivity index (χ3v) is 5.34. The van der Waals surface area contributed by atoms with Gasteiger partial charge in [-0.3, -0.25) is 14.9 Å². The summed E-state index contributed by atoms with van der Waals surface area (Å²) in [6.07, 6.45) is 3.31. The van der Waals surface area contributed by atoms with E-state index in [9.17, 15) is 14.9 Å². The van der Waals surface area contributed by atoms with Crippen LogP contribution >= 0.6 is 11.6 Å². The molecule has 1 saturated heterocycles. The van der Waals surface area contributed by atoms with Crippen LogP contribution in [0.1, 0.15) is 18.4 Å². The van der Waals surface area contributed by atoms with E-state index in [1.54, 1.807) is 0 Å². The Kier molecular flexibility index (Phi) is 6.42. The fraction of sp³-hybridized carbons (Fsp3) is 0.350. The second-order valence-electron chi connectivity index (χ2n) is 7.03. The summed E-state index contributed by atoms with van der Waals surface area (Å²) in [7, 11) is 0. The zero-order valence-corrected chi connectivity index (χ0v) is 15.7. The van der Waals surface area contributed by atoms with Crippen LogP contribution in [0.3, 0.4) is 0 Å². The second kappa shape index (κ2) is 8.97. The lowest BCUT2D eigenvalue weighted by molar-refractivity contribution is -0.898. The molecule has 0 radical (unpaired) electrons. The molecule has 2 aromatic rings. The lowest BCUT2D eigenvalue weighted by atomic mass is 9.90. The highest BCUT2D eigenvalue weighted by Crippen LogP contribution is 2.26. The van der Waals surface area contributed by atoms with Crippen molar-refractivity contribution in [2.45, 2.75) is 19.3 Å². The number of nitro groups is 1. The van der Waals surface area contributed by atoms with Crippen LogP contribution in [0.15, 0.2) is 48.5 Å². The van der Waals surface area contributed by atoms with E-state index in [2.05, 4.69) is 29.6 Å². The summed E-state index contributed by atoms with van der Waals surface area (Å²) in [4.78, 5) is 23.8. The van der Waals surface area contributed by atoms with Gasteiger partial charge in [0, 0.05) is 12.1 Å². The minimum absolute atomic E-state index is 0.0934. The number of rotatable bonds is 6. The van der Waals surface area contributed by atoms with Gasteiger partial charge in [0.25, 0.3) is 11.6 Å². The smallest absolute Gasteiger partial charge is 0.279 e. The summed E-state index contributed by atoms with van der Waals surface area (Å²) < 4.78 is 0. The van der Waals surface area contributed by atoms with E-state index in [1.807, 2.05) is 6.07 Å². The van der Waals surface area contributed by atoms with E-state index in [1.165, 1.54) is 28.7 Å². The van der Waals surface area contributed by atoms with Gasteiger partial charge in [0.05, 0.1) is 28.7 Å². The van der Waals surface area contributed by atoms with E-state index in [0.717, 1.165) is 32.4 Å². The molecule has 2 N–H and O–H groups in total. The van der Waals surface area contributed by atoms with Crippen LogP contribution in [0.2, 0.25) is 5.02 Å². The quantitative estimate of drug-likeness (QED) is 0.590. The number of piperidine rings is 1. The number of quaternary nitrogens is 1. The van der Waals surface area contributed by atoms with Crippen molar-refractivity contribution in [2.24, 2.45) is 5.92 Å². The van der Waals surface area contributed by atoms with Gasteiger partial charge in [-0.15, -0.1) is 0 Å². The van der Waals surface area contributed by atoms with Crippen LogP contribution in [0.25, 0.3) is 0 Å². The second-order valence-corrected chi connectivity index (χ2v) is 7.44. The molecular weight excluding hydrogens is 366 g/mol. The van der Waals surface area contributed by atoms with Crippen molar-refractivity contribution in [3.63, 3.8) is 0 Å². The molecule has 1 aliphatic heterocycles. The van der Waals surface area contributed by atoms with E-state index in [-0.39, 0.29) is 16.6 Å². The first-order valence-corrected chi connectivity index (χ1v) is 9.50. The fourth-order valence-electron chi connectivity index (χ4n) is 3.55. The highest BCUT2D eigenvalue weighted by Gasteiger charge is 2.24. The molecule has 0 aromatic heterocycles. The lowest BCUT2D eigenvalue weighted by Crippen LogP contribution is -3.14. The predicted molar refractivity (Wildman–Crippen MR) is 105 cm³/mol. The highest BCUT2D eigenvalue weighted by atomic mass is 35.5. The molecule has 1 aliphatic rings. The first-order valence-electron chi connectivity index (χ1n) is 9.12. The molecular formula is C20H23ClN3O3+. The number of hydrogen-bond donors (Lipinski definition) is 2. The SMILES string of the molecule is O=C(C[NH+]1CCC(Cc2ccccc2)CC1)Nc1ccc([N+](=O)[O-])cc1Cl. The molecule has 0 bridgehead atoms. The van der Waals surface area contributed by atoms with Gasteiger partial charge in [-0.2, -0.15) is 0 Å². The van der Waals surface area contributed by atoms with Gasteiger partial charge in [-0.25, -0.2) is 0 Å². The van der Waals surface area contributed by atoms with Crippen molar-refractivity contribution in [3.8, 4) is 0 Å². The number of amides is 1. The normalized spacial score (nSPS) is 19.4. The number of non-ortho nitro benzene ring substituents is 1. The van der Waals surface area contributed by atoms with Crippen molar-refractivity contribution >= 4 is 28.9 Å². The van der Waals surface area contributed by atoms with Crippen LogP contribution in [0.5, 0.6) is 0 Å². The Balaban J connectivity index is 1.46. The summed E-state index contributed by atoms with van der Waals surface area (Å²) >= 11 is 6.03. The van der Waals surface area contributed by atoms with Gasteiger partial charge in [0.1, 0.15) is 0 Å². The zero-order valence-electron chi connectivity index (χ0n) is 15.0. The Morgan fingerprint density at radius 3 is 2.52 bits per heavy atom. The maximum absolute atomic E-state index is 12.3. The van der Waals surface area contributed by atoms with Crippen molar-refractivity contribution in [2.75, 3.05) is 25.0 Å². The van der Waals surface area contributed by atoms with Crippen molar-refractivity contribution in [1.82, 2.24) is 0 Å². The lowest BCUT2D eigenvalue weighted by Gasteiger charge is -2.29. The van der Waals surface area contributed by atoms with Gasteiger partial charge in [-0.05, 0) is 36.8 Å². The number of benzene rings is 2. The average Bonchev–Trinajstić information content (AvgIpc) is 2.65. The number of carbonyl (C=O) groups is 1. The van der Waals surface area contributed by atoms with E-state index >= 15 is 0 Å². The standard InChI is InChI=1S/C20H22ClN3O3/c21-18-13-17(24(26)27)6-7-19(18)22-20(25)14-23-10-8-16(9-11-23)12-15-4-2-1-3-5-15/h1-7,13,16H,8-12,14H2,(H,22,25)/p+1. The minimum atomic E-state index is -0.513. The number of anilines is 1. The largest absolute Gasteiger partial charge is 0.327 e. The van der Waals surface area contributed by atoms with Gasteiger partial charge >= 0.3 is 0 Å². The maximum Gasteiger partial charge on any atom is 0.279 e. The molecule has 142 valence electrons. The third-order valence-electron chi connectivity index (χ3n) is 5.03. The van der Waals surface area contributed by atoms with Crippen LogP contribution in [0.4, 0.5) is 11.4 Å². The molecule has 0 aliphatic carbocycles. The van der Waals surface area contributed by atoms with E-state index in [0.29, 0.717) is 18.2 Å². The Morgan fingerprint density at radius 1 is 1.19 bits per heavy atom. The molecule has 1 heterocycles. The summed E-state index contributed by atoms with van der Waals surface area (Å²) in [5.41, 5.74) is 1.69. The number of nitrogens with one attached hydrogen (secondary N) is 2. The van der Waals surface area contributed by atoms with Crippen LogP contribution in [0, 0.1) is 16.0 Å². The zero-order chi connectivity index (χ0) is 19.2. The first-order chi connectivity index (χ1) is 13.0. The first kappa shape index (κ1) is 19.3. The Morgan fingerprint density at radius 2 is 1.89 bits per heavy atom. The molecule has 1 amide bonds. The van der Waals surface area contributed by atoms with Crippen molar-refractivity contribution in [1.29, 1.82) is 0 Å². The number of carbonyl (C=O) groups excluding carboxylic acids is 1. The molecule has 0 unspecified atom stereocenters. The van der Waals surface area contributed by atoms with Gasteiger partial charge < -0.3 is 10.2 Å². The summed E-state index contributed by atoms with van der Waals surface area (Å²) in [5, 5.41) is 13.7. The number of hydrogen-bond acceptors (Lipinski definition) is 3. The van der Waals surface area contributed by atoms with Gasteiger partial charge in [0.15, 0.2) is 6.54 Å². The molecule has 7 heteroatoms. The molecule has 27 heavy (non-hydrogen) atoms. The Hall–Kier alpha value is -2.44. The summed E-state index contributed by atoms with van der Waals surface area (Å²) in [6, 6.07) is 14.6. The van der Waals surface area contributed by atoms with Crippen LogP contribution in [-0.4, -0.2) is 30.5 Å². The maximum atomic E-state index is 12.3. The predicted octanol–water partition coefficient (Wildman–Crippen LogP) is 2.72. The molecule has 0 atom stereocenters. The Labute approximate surface area is 163 Å². The Bertz CT molecular complexity index is 805. The molecule has 2 aromatic carbocycles. The van der Waals surface area contributed by atoms with Gasteiger partial charge in [0.2, 0.25) is 0 Å². The topological polar surface area (TPSA) is 76.7 Å². The van der Waals surface area contributed by atoms with Gasteiger partial charge in [-0.1, -0.05) is 41.9 Å². The third kappa shape index (κ3) is 5.52. The van der Waals surface area contributed by atoms with Crippen molar-refractivity contribution < 1.29 is 14.6 Å². The van der Waals surface area contributed by atoms with E-state index < -0.39 is 4.92 Å². The number of halogens is 1. The monoisotopic (exact) mass is 388 g/mol. The average molecular weight is 389 g/mol. The molecule has 0 spiro atoms. The van der Waals surface area contributed by atoms with E-state index in [4.69, 9.17) is 11.6 Å². The fourth-order valence-corrected chi connectivity index (χ4v) is 3.78. The summed E-state index contributed by atoms with van der Waals surface area (Å²) in [6.45, 7) is 2.32. The minimum Gasteiger partial charge on any atom is -0.327 e. The number of nitrogens with zero attached hydrogens (tertiary/aromatic N) is 1. The number of likely N-dealkylation sites (tertiary alicyclic amines) is 1. The van der Waals surface area contributed by atoms with Crippen molar-refractivity contribution in [3.05, 3.63) is 69.2 Å². The van der Waals surface area contributed by atoms with Crippen LogP contribution in [-0.2, 0) is 11.2 Å². The molecule has 0 saturated carbocycles. The molecule has 3 rings (SSSR count). The van der Waals surface area contributed by atoms with Crippen LogP contribution < -0.4 is 10.2 Å². The number of nitro benzene ring substituents is 1. The molecule has 6 nitrogen and oxygen atoms in total.